The number of carbonyl (C=O) groups is 1. The Morgan fingerprint density at radius 3 is 2.62 bits per heavy atom. The van der Waals surface area contributed by atoms with Crippen molar-refractivity contribution < 1.29 is 13.9 Å². The van der Waals surface area contributed by atoms with Gasteiger partial charge in [0.1, 0.15) is 23.9 Å². The van der Waals surface area contributed by atoms with Gasteiger partial charge in [-0.1, -0.05) is 20.8 Å². The maximum atomic E-state index is 12.9. The van der Waals surface area contributed by atoms with Crippen LogP contribution in [0.3, 0.4) is 0 Å². The highest BCUT2D eigenvalue weighted by molar-refractivity contribution is 6.05. The van der Waals surface area contributed by atoms with Crippen LogP contribution >= 0.6 is 0 Å². The number of nitrogens with two attached hydrogens (primary N) is 1. The van der Waals surface area contributed by atoms with Crippen molar-refractivity contribution in [3.8, 4) is 17.0 Å². The molecule has 0 aliphatic heterocycles. The molecule has 2 heterocycles. The number of rotatable bonds is 6. The van der Waals surface area contributed by atoms with Gasteiger partial charge in [0, 0.05) is 36.5 Å². The second kappa shape index (κ2) is 8.13. The van der Waals surface area contributed by atoms with E-state index in [0.29, 0.717) is 35.9 Å². The van der Waals surface area contributed by atoms with Gasteiger partial charge in [0.15, 0.2) is 0 Å². The summed E-state index contributed by atoms with van der Waals surface area (Å²) in [5.41, 5.74) is 8.30. The molecule has 2 aromatic heterocycles. The Morgan fingerprint density at radius 2 is 2.03 bits per heavy atom. The first-order valence-corrected chi connectivity index (χ1v) is 9.58. The van der Waals surface area contributed by atoms with Crippen molar-refractivity contribution in [1.82, 2.24) is 9.78 Å². The highest BCUT2D eigenvalue weighted by Gasteiger charge is 2.23. The zero-order chi connectivity index (χ0) is 21.2. The summed E-state index contributed by atoms with van der Waals surface area (Å²) in [7, 11) is 1.86. The molecule has 1 amide bonds. The summed E-state index contributed by atoms with van der Waals surface area (Å²) in [5.74, 6) is 1.85. The summed E-state index contributed by atoms with van der Waals surface area (Å²) in [6.07, 6.45) is 1.72. The Balaban J connectivity index is 1.91. The van der Waals surface area contributed by atoms with E-state index in [1.807, 2.05) is 58.2 Å². The molecule has 0 aliphatic carbocycles. The van der Waals surface area contributed by atoms with E-state index in [1.165, 1.54) is 0 Å². The number of anilines is 1. The molecule has 0 spiro atoms. The lowest BCUT2D eigenvalue weighted by molar-refractivity contribution is 0.102. The average molecular weight is 396 g/mol. The van der Waals surface area contributed by atoms with Crippen LogP contribution in [0.1, 0.15) is 42.6 Å². The molecule has 7 nitrogen and oxygen atoms in total. The number of carbonyl (C=O) groups excluding carboxylic acids is 1. The van der Waals surface area contributed by atoms with Crippen LogP contribution in [-0.4, -0.2) is 28.8 Å². The summed E-state index contributed by atoms with van der Waals surface area (Å²) in [5, 5.41) is 7.19. The van der Waals surface area contributed by atoms with Crippen LogP contribution in [0.2, 0.25) is 0 Å². The third-order valence-corrected chi connectivity index (χ3v) is 4.61. The van der Waals surface area contributed by atoms with Crippen LogP contribution in [0.4, 0.5) is 5.69 Å². The molecule has 0 saturated carbocycles. The first-order valence-electron chi connectivity index (χ1n) is 9.58. The van der Waals surface area contributed by atoms with Gasteiger partial charge in [-0.05, 0) is 37.3 Å². The van der Waals surface area contributed by atoms with Crippen molar-refractivity contribution in [3.63, 3.8) is 0 Å². The van der Waals surface area contributed by atoms with Crippen molar-refractivity contribution in [1.29, 1.82) is 0 Å². The topological polar surface area (TPSA) is 95.3 Å². The predicted octanol–water partition coefficient (Wildman–Crippen LogP) is 3.88. The predicted molar refractivity (Wildman–Crippen MR) is 113 cm³/mol. The van der Waals surface area contributed by atoms with Gasteiger partial charge in [-0.25, -0.2) is 0 Å². The number of ether oxygens (including phenoxy) is 1. The monoisotopic (exact) mass is 396 g/mol. The Bertz CT molecular complexity index is 1010. The van der Waals surface area contributed by atoms with Crippen molar-refractivity contribution in [3.05, 3.63) is 53.6 Å². The third kappa shape index (κ3) is 4.51. The Morgan fingerprint density at radius 1 is 1.28 bits per heavy atom. The molecule has 29 heavy (non-hydrogen) atoms. The lowest BCUT2D eigenvalue weighted by atomic mass is 9.93. The smallest absolute Gasteiger partial charge is 0.259 e. The van der Waals surface area contributed by atoms with Gasteiger partial charge >= 0.3 is 0 Å². The fourth-order valence-corrected chi connectivity index (χ4v) is 3.02. The molecule has 3 aromatic rings. The lowest BCUT2D eigenvalue weighted by Crippen LogP contribution is -2.14. The molecule has 0 atom stereocenters. The molecule has 1 aromatic carbocycles. The number of nitrogens with zero attached hydrogens (tertiary/aromatic N) is 2. The highest BCUT2D eigenvalue weighted by Crippen LogP contribution is 2.33. The minimum atomic E-state index is -0.215. The van der Waals surface area contributed by atoms with Crippen molar-refractivity contribution in [2.75, 3.05) is 18.5 Å². The number of aromatic nitrogens is 2. The van der Waals surface area contributed by atoms with E-state index in [0.717, 1.165) is 17.0 Å². The van der Waals surface area contributed by atoms with Gasteiger partial charge in [-0.2, -0.15) is 5.10 Å². The molecule has 0 aliphatic rings. The summed E-state index contributed by atoms with van der Waals surface area (Å²) < 4.78 is 13.3. The normalized spacial score (nSPS) is 11.5. The Labute approximate surface area is 170 Å². The number of benzene rings is 1. The average Bonchev–Trinajstić information content (AvgIpc) is 3.26. The molecule has 3 N–H and O–H groups in total. The summed E-state index contributed by atoms with van der Waals surface area (Å²) in [6.45, 7) is 8.77. The molecule has 0 radical (unpaired) electrons. The van der Waals surface area contributed by atoms with Gasteiger partial charge in [0.05, 0.1) is 11.3 Å². The van der Waals surface area contributed by atoms with Crippen molar-refractivity contribution in [2.45, 2.75) is 33.1 Å². The van der Waals surface area contributed by atoms with Crippen LogP contribution in [0.25, 0.3) is 11.3 Å². The van der Waals surface area contributed by atoms with Crippen LogP contribution in [0, 0.1) is 6.92 Å². The van der Waals surface area contributed by atoms with Crippen LogP contribution in [0.5, 0.6) is 5.75 Å². The van der Waals surface area contributed by atoms with Crippen LogP contribution in [0.15, 0.2) is 40.9 Å². The molecule has 0 bridgehead atoms. The highest BCUT2D eigenvalue weighted by atomic mass is 16.5. The van der Waals surface area contributed by atoms with Gasteiger partial charge in [0.25, 0.3) is 5.91 Å². The van der Waals surface area contributed by atoms with E-state index >= 15 is 0 Å². The molecule has 0 fully saturated rings. The quantitative estimate of drug-likeness (QED) is 0.659. The largest absolute Gasteiger partial charge is 0.492 e. The van der Waals surface area contributed by atoms with E-state index in [-0.39, 0.29) is 11.3 Å². The first kappa shape index (κ1) is 20.7. The third-order valence-electron chi connectivity index (χ3n) is 4.61. The zero-order valence-electron chi connectivity index (χ0n) is 17.6. The van der Waals surface area contributed by atoms with E-state index in [1.54, 1.807) is 17.8 Å². The summed E-state index contributed by atoms with van der Waals surface area (Å²) >= 11 is 0. The van der Waals surface area contributed by atoms with Crippen LogP contribution < -0.4 is 15.8 Å². The standard InChI is InChI=1S/C22H28N4O3/c1-14-16(13-20(29-14)22(2,3)4)21(27)25-15-6-7-19(28-11-9-23)17(12-15)18-8-10-24-26(18)5/h6-8,10,12-13H,9,11,23H2,1-5H3,(H,25,27). The minimum Gasteiger partial charge on any atom is -0.492 e. The molecule has 154 valence electrons. The molecule has 7 heteroatoms. The molecular weight excluding hydrogens is 368 g/mol. The lowest BCUT2D eigenvalue weighted by Gasteiger charge is -2.14. The molecule has 0 unspecified atom stereocenters. The minimum absolute atomic E-state index is 0.169. The number of furan rings is 1. The Kier molecular flexibility index (Phi) is 5.79. The van der Waals surface area contributed by atoms with Crippen molar-refractivity contribution >= 4 is 11.6 Å². The van der Waals surface area contributed by atoms with E-state index in [2.05, 4.69) is 10.4 Å². The van der Waals surface area contributed by atoms with Crippen molar-refractivity contribution in [2.24, 2.45) is 12.8 Å². The fraction of sp³-hybridized carbons (Fsp3) is 0.364. The second-order valence-electron chi connectivity index (χ2n) is 7.97. The first-order chi connectivity index (χ1) is 13.7. The van der Waals surface area contributed by atoms with E-state index in [9.17, 15) is 4.79 Å². The number of hydrogen-bond donors (Lipinski definition) is 2. The SMILES string of the molecule is Cc1oc(C(C)(C)C)cc1C(=O)Nc1ccc(OCCN)c(-c2ccnn2C)c1. The maximum absolute atomic E-state index is 12.9. The van der Waals surface area contributed by atoms with E-state index in [4.69, 9.17) is 14.9 Å². The van der Waals surface area contributed by atoms with Gasteiger partial charge < -0.3 is 20.2 Å². The van der Waals surface area contributed by atoms with E-state index < -0.39 is 0 Å². The summed E-state index contributed by atoms with van der Waals surface area (Å²) in [6, 6.07) is 9.22. The van der Waals surface area contributed by atoms with Gasteiger partial charge in [0.2, 0.25) is 0 Å². The molecular formula is C22H28N4O3. The maximum Gasteiger partial charge on any atom is 0.259 e. The number of nitrogens with one attached hydrogen (secondary N) is 1. The fourth-order valence-electron chi connectivity index (χ4n) is 3.02. The molecule has 3 rings (SSSR count). The number of amides is 1. The Hall–Kier alpha value is -3.06. The zero-order valence-corrected chi connectivity index (χ0v) is 17.6. The van der Waals surface area contributed by atoms with Gasteiger partial charge in [-0.3, -0.25) is 9.48 Å². The molecule has 0 saturated heterocycles. The van der Waals surface area contributed by atoms with Crippen LogP contribution in [-0.2, 0) is 12.5 Å². The van der Waals surface area contributed by atoms with Gasteiger partial charge in [-0.15, -0.1) is 0 Å². The second-order valence-corrected chi connectivity index (χ2v) is 7.97. The summed E-state index contributed by atoms with van der Waals surface area (Å²) in [4.78, 5) is 12.9. The number of hydrogen-bond acceptors (Lipinski definition) is 5. The number of aryl methyl sites for hydroxylation is 2.